The molecule has 2 N–H and O–H groups in total. The van der Waals surface area contributed by atoms with E-state index in [-0.39, 0.29) is 17.6 Å². The van der Waals surface area contributed by atoms with Gasteiger partial charge in [-0.2, -0.15) is 0 Å². The van der Waals surface area contributed by atoms with E-state index in [4.69, 9.17) is 15.7 Å². The van der Waals surface area contributed by atoms with E-state index in [1.54, 1.807) is 47.6 Å². The lowest BCUT2D eigenvalue weighted by molar-refractivity contribution is -0.121. The van der Waals surface area contributed by atoms with E-state index in [0.29, 0.717) is 19.5 Å². The Morgan fingerprint density at radius 1 is 1.20 bits per heavy atom. The van der Waals surface area contributed by atoms with Crippen LogP contribution in [0.5, 0.6) is 5.75 Å². The Labute approximate surface area is 179 Å². The minimum Gasteiger partial charge on any atom is -0.508 e. The minimum atomic E-state index is -0.842. The van der Waals surface area contributed by atoms with Crippen molar-refractivity contribution in [3.8, 4) is 5.75 Å². The first-order chi connectivity index (χ1) is 14.5. The molecule has 0 aliphatic carbocycles. The molecule has 1 aliphatic rings. The highest BCUT2D eigenvalue weighted by molar-refractivity contribution is 6.30. The molecule has 0 fully saturated rings. The van der Waals surface area contributed by atoms with Crippen molar-refractivity contribution < 1.29 is 14.7 Å². The number of nitrogens with one attached hydrogen (secondary N) is 1. The number of hydrogen-bond acceptors (Lipinski definition) is 4. The van der Waals surface area contributed by atoms with Crippen molar-refractivity contribution in [2.45, 2.75) is 43.7 Å². The Morgan fingerprint density at radius 3 is 2.80 bits per heavy atom. The van der Waals surface area contributed by atoms with Gasteiger partial charge in [0.2, 0.25) is 11.8 Å². The molecule has 1 aliphatic heterocycles. The third-order valence-electron chi connectivity index (χ3n) is 5.39. The average Bonchev–Trinajstić information content (AvgIpc) is 3.18. The first-order valence-corrected chi connectivity index (χ1v) is 10.3. The van der Waals surface area contributed by atoms with E-state index in [1.165, 1.54) is 0 Å². The van der Waals surface area contributed by atoms with Crippen molar-refractivity contribution in [1.82, 2.24) is 10.3 Å². The molecular formula is C22H25B2N3O3. The summed E-state index contributed by atoms with van der Waals surface area (Å²) in [6.45, 7) is 1.15. The van der Waals surface area contributed by atoms with Crippen LogP contribution in [0.3, 0.4) is 0 Å². The number of phenolic OH excluding ortho intramolecular Hbond substituents is 1. The number of fused-ring (bicyclic) bond motifs is 1. The quantitative estimate of drug-likeness (QED) is 0.499. The molecule has 6 nitrogen and oxygen atoms in total. The molecule has 2 aromatic rings. The van der Waals surface area contributed by atoms with Crippen LogP contribution in [0.25, 0.3) is 0 Å². The second-order valence-electron chi connectivity index (χ2n) is 7.55. The number of aromatic hydroxyl groups is 1. The number of rotatable bonds is 9. The maximum Gasteiger partial charge on any atom is 0.226 e. The van der Waals surface area contributed by atoms with Crippen LogP contribution in [0.2, 0.25) is 5.82 Å². The predicted octanol–water partition coefficient (Wildman–Crippen LogP) is 2.22. The summed E-state index contributed by atoms with van der Waals surface area (Å²) in [5.74, 6) is -1.43. The molecule has 0 saturated heterocycles. The number of phenols is 1. The van der Waals surface area contributed by atoms with Crippen LogP contribution in [0.1, 0.15) is 42.6 Å². The van der Waals surface area contributed by atoms with Crippen molar-refractivity contribution in [1.29, 1.82) is 0 Å². The molecule has 152 valence electrons. The Kier molecular flexibility index (Phi) is 7.55. The molecule has 2 atom stereocenters. The van der Waals surface area contributed by atoms with Crippen LogP contribution in [0.4, 0.5) is 5.69 Å². The summed E-state index contributed by atoms with van der Waals surface area (Å²) < 4.78 is 0. The highest BCUT2D eigenvalue weighted by Crippen LogP contribution is 2.31. The van der Waals surface area contributed by atoms with E-state index in [0.717, 1.165) is 42.5 Å². The van der Waals surface area contributed by atoms with Gasteiger partial charge >= 0.3 is 0 Å². The number of hydrogen-bond donors (Lipinski definition) is 2. The Morgan fingerprint density at radius 2 is 2.03 bits per heavy atom. The second kappa shape index (κ2) is 10.3. The predicted molar refractivity (Wildman–Crippen MR) is 118 cm³/mol. The van der Waals surface area contributed by atoms with Crippen molar-refractivity contribution in [3.63, 3.8) is 0 Å². The van der Waals surface area contributed by atoms with Crippen LogP contribution < -0.4 is 10.2 Å². The molecule has 2 heterocycles. The summed E-state index contributed by atoms with van der Waals surface area (Å²) in [5, 5.41) is 12.4. The maximum atomic E-state index is 12.5. The molecule has 1 aromatic carbocycles. The molecule has 8 heteroatoms. The van der Waals surface area contributed by atoms with Gasteiger partial charge < -0.3 is 15.3 Å². The zero-order valence-electron chi connectivity index (χ0n) is 17.0. The Balaban J connectivity index is 1.33. The summed E-state index contributed by atoms with van der Waals surface area (Å²) in [6.07, 6.45) is 6.81. The van der Waals surface area contributed by atoms with Crippen LogP contribution in [0, 0.1) is 0 Å². The highest BCUT2D eigenvalue weighted by atomic mass is 16.3. The van der Waals surface area contributed by atoms with Gasteiger partial charge in [0.05, 0.1) is 15.7 Å². The molecule has 1 aromatic heterocycles. The molecule has 0 spiro atoms. The largest absolute Gasteiger partial charge is 0.508 e. The van der Waals surface area contributed by atoms with E-state index in [9.17, 15) is 14.7 Å². The van der Waals surface area contributed by atoms with Crippen molar-refractivity contribution in [2.24, 2.45) is 0 Å². The van der Waals surface area contributed by atoms with Gasteiger partial charge in [0.1, 0.15) is 5.75 Å². The monoisotopic (exact) mass is 401 g/mol. The summed E-state index contributed by atoms with van der Waals surface area (Å²) in [5.41, 5.74) is 2.62. The number of amides is 2. The van der Waals surface area contributed by atoms with Gasteiger partial charge in [-0.3, -0.25) is 14.6 Å². The van der Waals surface area contributed by atoms with E-state index in [2.05, 4.69) is 10.3 Å². The van der Waals surface area contributed by atoms with E-state index in [1.807, 2.05) is 0 Å². The van der Waals surface area contributed by atoms with Crippen LogP contribution in [-0.4, -0.2) is 50.7 Å². The Hall–Kier alpha value is -2.76. The minimum absolute atomic E-state index is 0.0907. The topological polar surface area (TPSA) is 82.5 Å². The zero-order chi connectivity index (χ0) is 21.5. The molecule has 2 amide bonds. The number of unbranched alkanes of at least 4 members (excludes halogenated alkanes) is 2. The fraction of sp³-hybridized carbons (Fsp3) is 0.409. The zero-order valence-corrected chi connectivity index (χ0v) is 17.0. The fourth-order valence-corrected chi connectivity index (χ4v) is 3.63. The first kappa shape index (κ1) is 21.9. The third kappa shape index (κ3) is 5.43. The first-order valence-electron chi connectivity index (χ1n) is 10.3. The van der Waals surface area contributed by atoms with Crippen molar-refractivity contribution in [3.05, 3.63) is 53.9 Å². The van der Waals surface area contributed by atoms with Crippen LogP contribution in [-0.2, 0) is 16.0 Å². The Bertz CT molecular complexity index is 879. The van der Waals surface area contributed by atoms with Crippen LogP contribution in [0.15, 0.2) is 42.7 Å². The summed E-state index contributed by atoms with van der Waals surface area (Å²) in [6, 6.07) is 8.67. The fourth-order valence-electron chi connectivity index (χ4n) is 3.63. The highest BCUT2D eigenvalue weighted by Gasteiger charge is 2.24. The smallest absolute Gasteiger partial charge is 0.226 e. The SMILES string of the molecule is [B]C(C(=O)NCCCCCC(=O)N1CCc2cc(O)ccc21)C([B])c1cccnc1. The standard InChI is InChI=1S/C22H25B2N3O3/c23-20(16-5-4-10-25-14-16)21(24)22(30)26-11-3-1-2-6-19(29)27-12-9-15-13-17(28)7-8-18(15)27/h4-5,7-8,10,13-14,20-21,28H,1-3,6,9,11-12H2,(H,26,30). The number of pyridine rings is 1. The van der Waals surface area contributed by atoms with Gasteiger partial charge in [0, 0.05) is 37.6 Å². The van der Waals surface area contributed by atoms with Gasteiger partial charge in [0.25, 0.3) is 0 Å². The number of carbonyl (C=O) groups is 2. The van der Waals surface area contributed by atoms with Crippen LogP contribution >= 0.6 is 0 Å². The van der Waals surface area contributed by atoms with Crippen molar-refractivity contribution in [2.75, 3.05) is 18.0 Å². The summed E-state index contributed by atoms with van der Waals surface area (Å²) in [7, 11) is 12.0. The van der Waals surface area contributed by atoms with E-state index < -0.39 is 11.6 Å². The lowest BCUT2D eigenvalue weighted by Gasteiger charge is -2.20. The molecule has 0 bridgehead atoms. The third-order valence-corrected chi connectivity index (χ3v) is 5.39. The summed E-state index contributed by atoms with van der Waals surface area (Å²) in [4.78, 5) is 30.5. The van der Waals surface area contributed by atoms with Gasteiger partial charge in [-0.25, -0.2) is 0 Å². The average molecular weight is 401 g/mol. The van der Waals surface area contributed by atoms with Crippen molar-refractivity contribution >= 4 is 33.2 Å². The number of carbonyl (C=O) groups excluding carboxylic acids is 2. The second-order valence-corrected chi connectivity index (χ2v) is 7.55. The maximum absolute atomic E-state index is 12.5. The number of benzene rings is 1. The molecule has 2 unspecified atom stereocenters. The van der Waals surface area contributed by atoms with E-state index >= 15 is 0 Å². The number of aromatic nitrogens is 1. The number of anilines is 1. The van der Waals surface area contributed by atoms with Gasteiger partial charge in [-0.1, -0.05) is 12.5 Å². The normalized spacial score (nSPS) is 14.7. The molecular weight excluding hydrogens is 376 g/mol. The molecule has 4 radical (unpaired) electrons. The molecule has 3 rings (SSSR count). The van der Waals surface area contributed by atoms with Gasteiger partial charge in [-0.15, -0.1) is 0 Å². The van der Waals surface area contributed by atoms with Gasteiger partial charge in [-0.05, 0) is 66.3 Å². The lowest BCUT2D eigenvalue weighted by atomic mass is 9.63. The molecule has 30 heavy (non-hydrogen) atoms. The molecule has 0 saturated carbocycles. The number of nitrogens with zero attached hydrogens (tertiary/aromatic N) is 2. The summed E-state index contributed by atoms with van der Waals surface area (Å²) >= 11 is 0. The lowest BCUT2D eigenvalue weighted by Crippen LogP contribution is -2.31. The van der Waals surface area contributed by atoms with Gasteiger partial charge in [0.15, 0.2) is 0 Å².